The van der Waals surface area contributed by atoms with Crippen LogP contribution >= 0.6 is 11.6 Å². The van der Waals surface area contributed by atoms with Crippen LogP contribution in [0.5, 0.6) is 0 Å². The molecule has 2 heterocycles. The van der Waals surface area contributed by atoms with Gasteiger partial charge in [0.2, 0.25) is 0 Å². The van der Waals surface area contributed by atoms with Gasteiger partial charge in [-0.25, -0.2) is 4.98 Å². The summed E-state index contributed by atoms with van der Waals surface area (Å²) in [5.74, 6) is 1.59. The van der Waals surface area contributed by atoms with E-state index in [1.807, 2.05) is 56.3 Å². The number of benzene rings is 2. The molecule has 6 nitrogen and oxygen atoms in total. The maximum Gasteiger partial charge on any atom is 0.254 e. The van der Waals surface area contributed by atoms with Gasteiger partial charge in [-0.15, -0.1) is 5.10 Å². The van der Waals surface area contributed by atoms with Gasteiger partial charge in [-0.1, -0.05) is 41.9 Å². The molecule has 3 N–H and O–H groups in total. The Kier molecular flexibility index (Phi) is 4.41. The van der Waals surface area contributed by atoms with Crippen LogP contribution in [0.25, 0.3) is 17.2 Å². The fourth-order valence-electron chi connectivity index (χ4n) is 2.96. The molecule has 0 aliphatic carbocycles. The Hall–Kier alpha value is -3.12. The lowest BCUT2D eigenvalue weighted by Gasteiger charge is -2.10. The monoisotopic (exact) mass is 378 g/mol. The van der Waals surface area contributed by atoms with Crippen molar-refractivity contribution < 1.29 is 0 Å². The van der Waals surface area contributed by atoms with Crippen LogP contribution in [0.15, 0.2) is 48.5 Å². The largest absolute Gasteiger partial charge is 0.383 e. The molecule has 0 atom stereocenters. The molecule has 0 aliphatic heterocycles. The Morgan fingerprint density at radius 2 is 1.89 bits per heavy atom. The van der Waals surface area contributed by atoms with Crippen LogP contribution in [0.3, 0.4) is 0 Å². The summed E-state index contributed by atoms with van der Waals surface area (Å²) in [5.41, 5.74) is 11.0. The molecule has 0 spiro atoms. The fourth-order valence-corrected chi connectivity index (χ4v) is 3.13. The highest BCUT2D eigenvalue weighted by Crippen LogP contribution is 2.24. The van der Waals surface area contributed by atoms with Gasteiger partial charge in [0, 0.05) is 22.3 Å². The lowest BCUT2D eigenvalue weighted by Crippen LogP contribution is -2.07. The molecular weight excluding hydrogens is 360 g/mol. The fraction of sp³-hybridized carbons (Fsp3) is 0.150. The van der Waals surface area contributed by atoms with Crippen LogP contribution in [-0.4, -0.2) is 19.6 Å². The van der Waals surface area contributed by atoms with Crippen molar-refractivity contribution in [1.29, 1.82) is 0 Å². The van der Waals surface area contributed by atoms with Crippen molar-refractivity contribution in [3.63, 3.8) is 0 Å². The topological polar surface area (TPSA) is 81.1 Å². The summed E-state index contributed by atoms with van der Waals surface area (Å²) < 4.78 is 1.57. The van der Waals surface area contributed by atoms with Crippen molar-refractivity contribution in [2.45, 2.75) is 20.4 Å². The molecule has 4 aromatic rings. The number of rotatable bonds is 4. The minimum absolute atomic E-state index is 0.480. The van der Waals surface area contributed by atoms with Crippen LogP contribution < -0.4 is 11.1 Å². The zero-order valence-corrected chi connectivity index (χ0v) is 15.8. The third kappa shape index (κ3) is 3.31. The molecule has 0 amide bonds. The second-order valence-corrected chi connectivity index (χ2v) is 6.81. The SMILES string of the molecule is Cc1ccccc1-c1nc2nc(CNc3cccc(Cl)c3C)cc(N)n2n1. The Balaban J connectivity index is 1.65. The van der Waals surface area contributed by atoms with E-state index in [1.165, 1.54) is 0 Å². The number of aryl methyl sites for hydroxylation is 1. The van der Waals surface area contributed by atoms with Gasteiger partial charge in [-0.05, 0) is 37.1 Å². The van der Waals surface area contributed by atoms with E-state index in [0.29, 0.717) is 24.0 Å². The van der Waals surface area contributed by atoms with E-state index in [4.69, 9.17) is 17.3 Å². The number of fused-ring (bicyclic) bond motifs is 1. The highest BCUT2D eigenvalue weighted by molar-refractivity contribution is 6.31. The van der Waals surface area contributed by atoms with E-state index in [-0.39, 0.29) is 0 Å². The van der Waals surface area contributed by atoms with Gasteiger partial charge in [0.1, 0.15) is 5.82 Å². The Morgan fingerprint density at radius 3 is 2.70 bits per heavy atom. The van der Waals surface area contributed by atoms with Gasteiger partial charge in [0.15, 0.2) is 5.82 Å². The zero-order valence-electron chi connectivity index (χ0n) is 15.1. The molecule has 0 aliphatic rings. The predicted molar refractivity (Wildman–Crippen MR) is 109 cm³/mol. The maximum absolute atomic E-state index is 6.18. The Labute approximate surface area is 162 Å². The first-order chi connectivity index (χ1) is 13.0. The summed E-state index contributed by atoms with van der Waals surface area (Å²) in [6.07, 6.45) is 0. The van der Waals surface area contributed by atoms with Gasteiger partial charge in [0.05, 0.1) is 12.2 Å². The van der Waals surface area contributed by atoms with Crippen molar-refractivity contribution >= 4 is 28.9 Å². The number of aromatic nitrogens is 4. The van der Waals surface area contributed by atoms with Gasteiger partial charge in [-0.3, -0.25) is 0 Å². The standard InChI is InChI=1S/C20H19ClN6/c1-12-6-3-4-7-15(12)19-25-20-24-14(10-18(22)27(20)26-19)11-23-17-9-5-8-16(21)13(17)2/h3-10,23H,11,22H2,1-2H3. The van der Waals surface area contributed by atoms with E-state index in [1.54, 1.807) is 10.6 Å². The molecule has 136 valence electrons. The number of nitrogen functional groups attached to an aromatic ring is 1. The smallest absolute Gasteiger partial charge is 0.254 e. The Bertz CT molecular complexity index is 1130. The van der Waals surface area contributed by atoms with Crippen molar-refractivity contribution in [2.24, 2.45) is 0 Å². The van der Waals surface area contributed by atoms with E-state index in [0.717, 1.165) is 33.1 Å². The Morgan fingerprint density at radius 1 is 1.07 bits per heavy atom. The predicted octanol–water partition coefficient (Wildman–Crippen LogP) is 4.26. The molecule has 27 heavy (non-hydrogen) atoms. The molecule has 0 unspecified atom stereocenters. The quantitative estimate of drug-likeness (QED) is 0.554. The number of hydrogen-bond acceptors (Lipinski definition) is 5. The molecule has 0 bridgehead atoms. The van der Waals surface area contributed by atoms with E-state index < -0.39 is 0 Å². The summed E-state index contributed by atoms with van der Waals surface area (Å²) in [4.78, 5) is 9.16. The molecular formula is C20H19ClN6. The van der Waals surface area contributed by atoms with Gasteiger partial charge in [0.25, 0.3) is 5.78 Å². The second kappa shape index (κ2) is 6.89. The summed E-state index contributed by atoms with van der Waals surface area (Å²) in [6, 6.07) is 15.5. The molecule has 0 fully saturated rings. The third-order valence-electron chi connectivity index (χ3n) is 4.51. The van der Waals surface area contributed by atoms with Crippen molar-refractivity contribution in [3.8, 4) is 11.4 Å². The van der Waals surface area contributed by atoms with Gasteiger partial charge in [-0.2, -0.15) is 9.50 Å². The first kappa shape index (κ1) is 17.3. The van der Waals surface area contributed by atoms with Crippen molar-refractivity contribution in [2.75, 3.05) is 11.1 Å². The average Bonchev–Trinajstić information content (AvgIpc) is 3.08. The van der Waals surface area contributed by atoms with Crippen LogP contribution in [-0.2, 0) is 6.54 Å². The molecule has 0 saturated heterocycles. The number of halogens is 1. The highest BCUT2D eigenvalue weighted by Gasteiger charge is 2.12. The molecule has 0 radical (unpaired) electrons. The minimum atomic E-state index is 0.480. The number of anilines is 2. The van der Waals surface area contributed by atoms with Gasteiger partial charge >= 0.3 is 0 Å². The molecule has 7 heteroatoms. The van der Waals surface area contributed by atoms with E-state index >= 15 is 0 Å². The first-order valence-corrected chi connectivity index (χ1v) is 8.98. The van der Waals surface area contributed by atoms with Crippen molar-refractivity contribution in [3.05, 3.63) is 70.4 Å². The highest BCUT2D eigenvalue weighted by atomic mass is 35.5. The summed E-state index contributed by atoms with van der Waals surface area (Å²) in [6.45, 7) is 4.51. The number of nitrogens with one attached hydrogen (secondary N) is 1. The maximum atomic E-state index is 6.18. The summed E-state index contributed by atoms with van der Waals surface area (Å²) >= 11 is 6.18. The lowest BCUT2D eigenvalue weighted by molar-refractivity contribution is 0.926. The first-order valence-electron chi connectivity index (χ1n) is 8.60. The minimum Gasteiger partial charge on any atom is -0.383 e. The molecule has 0 saturated carbocycles. The zero-order chi connectivity index (χ0) is 19.0. The number of nitrogens with two attached hydrogens (primary N) is 1. The lowest BCUT2D eigenvalue weighted by atomic mass is 10.1. The number of hydrogen-bond donors (Lipinski definition) is 2. The van der Waals surface area contributed by atoms with Gasteiger partial charge < -0.3 is 11.1 Å². The second-order valence-electron chi connectivity index (χ2n) is 6.40. The summed E-state index contributed by atoms with van der Waals surface area (Å²) in [7, 11) is 0. The van der Waals surface area contributed by atoms with Crippen LogP contribution in [0.1, 0.15) is 16.8 Å². The summed E-state index contributed by atoms with van der Waals surface area (Å²) in [5, 5.41) is 8.58. The average molecular weight is 379 g/mol. The molecule has 2 aromatic carbocycles. The van der Waals surface area contributed by atoms with E-state index in [9.17, 15) is 0 Å². The third-order valence-corrected chi connectivity index (χ3v) is 4.92. The molecule has 4 rings (SSSR count). The number of nitrogens with zero attached hydrogens (tertiary/aromatic N) is 4. The van der Waals surface area contributed by atoms with E-state index in [2.05, 4.69) is 20.4 Å². The van der Waals surface area contributed by atoms with Crippen LogP contribution in [0, 0.1) is 13.8 Å². The van der Waals surface area contributed by atoms with Crippen LogP contribution in [0.2, 0.25) is 5.02 Å². The van der Waals surface area contributed by atoms with Crippen molar-refractivity contribution in [1.82, 2.24) is 19.6 Å². The normalized spacial score (nSPS) is 11.1. The molecule has 2 aromatic heterocycles. The van der Waals surface area contributed by atoms with Crippen LogP contribution in [0.4, 0.5) is 11.5 Å².